The number of benzene rings is 2. The lowest BCUT2D eigenvalue weighted by atomic mass is 10.1. The first-order chi connectivity index (χ1) is 10.7. The first kappa shape index (κ1) is 17.6. The number of rotatable bonds is 5. The number of ether oxygens (including phenoxy) is 2. The summed E-state index contributed by atoms with van der Waals surface area (Å²) in [5, 5.41) is 13.5. The standard InChI is InChI=1S/C18H21NO3.ClH/c1-13-5-7-14(8-6-13)16(20)12-19-11-15-3-2-4-17-18(15)22-10-9-21-17;/h2-8,16,19-20H,9-12H2,1H3;1H. The quantitative estimate of drug-likeness (QED) is 0.882. The fourth-order valence-electron chi connectivity index (χ4n) is 2.52. The molecule has 1 aliphatic heterocycles. The molecule has 1 unspecified atom stereocenters. The van der Waals surface area contributed by atoms with Gasteiger partial charge in [-0.15, -0.1) is 12.4 Å². The van der Waals surface area contributed by atoms with Gasteiger partial charge in [-0.3, -0.25) is 0 Å². The Hall–Kier alpha value is -1.75. The largest absolute Gasteiger partial charge is 0.486 e. The molecule has 0 spiro atoms. The molecule has 4 nitrogen and oxygen atoms in total. The van der Waals surface area contributed by atoms with E-state index in [-0.39, 0.29) is 12.4 Å². The Labute approximate surface area is 142 Å². The molecule has 2 aromatic carbocycles. The summed E-state index contributed by atoms with van der Waals surface area (Å²) in [6, 6.07) is 13.8. The average Bonchev–Trinajstić information content (AvgIpc) is 2.55. The van der Waals surface area contributed by atoms with Crippen LogP contribution in [0.3, 0.4) is 0 Å². The molecule has 3 rings (SSSR count). The van der Waals surface area contributed by atoms with Gasteiger partial charge in [0, 0.05) is 18.7 Å². The maximum Gasteiger partial charge on any atom is 0.165 e. The summed E-state index contributed by atoms with van der Waals surface area (Å²) in [4.78, 5) is 0. The van der Waals surface area contributed by atoms with Crippen LogP contribution in [0.25, 0.3) is 0 Å². The van der Waals surface area contributed by atoms with E-state index in [2.05, 4.69) is 5.32 Å². The highest BCUT2D eigenvalue weighted by atomic mass is 35.5. The molecule has 0 saturated heterocycles. The first-order valence-corrected chi connectivity index (χ1v) is 7.57. The number of fused-ring (bicyclic) bond motifs is 1. The van der Waals surface area contributed by atoms with Crippen molar-refractivity contribution in [1.82, 2.24) is 5.32 Å². The third-order valence-electron chi connectivity index (χ3n) is 3.76. The third-order valence-corrected chi connectivity index (χ3v) is 3.76. The fraction of sp³-hybridized carbons (Fsp3) is 0.333. The summed E-state index contributed by atoms with van der Waals surface area (Å²) >= 11 is 0. The number of hydrogen-bond acceptors (Lipinski definition) is 4. The predicted octanol–water partition coefficient (Wildman–Crippen LogP) is 3.01. The van der Waals surface area contributed by atoms with Gasteiger partial charge in [0.05, 0.1) is 6.10 Å². The van der Waals surface area contributed by atoms with Crippen molar-refractivity contribution >= 4 is 12.4 Å². The number of aliphatic hydroxyl groups excluding tert-OH is 1. The molecular weight excluding hydrogens is 314 g/mol. The molecular formula is C18H22ClNO3. The SMILES string of the molecule is Cc1ccc(C(O)CNCc2cccc3c2OCCO3)cc1.Cl. The maximum absolute atomic E-state index is 10.2. The van der Waals surface area contributed by atoms with Crippen molar-refractivity contribution in [1.29, 1.82) is 0 Å². The van der Waals surface area contributed by atoms with Gasteiger partial charge in [-0.05, 0) is 18.6 Å². The summed E-state index contributed by atoms with van der Waals surface area (Å²) in [5.41, 5.74) is 3.16. The Bertz CT molecular complexity index is 631. The van der Waals surface area contributed by atoms with Crippen LogP contribution in [0, 0.1) is 6.92 Å². The highest BCUT2D eigenvalue weighted by Crippen LogP contribution is 2.33. The van der Waals surface area contributed by atoms with Crippen molar-refractivity contribution in [3.8, 4) is 11.5 Å². The molecule has 0 aromatic heterocycles. The zero-order valence-electron chi connectivity index (χ0n) is 13.1. The van der Waals surface area contributed by atoms with Gasteiger partial charge in [-0.25, -0.2) is 0 Å². The lowest BCUT2D eigenvalue weighted by Gasteiger charge is -2.21. The number of halogens is 1. The van der Waals surface area contributed by atoms with Gasteiger partial charge in [-0.2, -0.15) is 0 Å². The van der Waals surface area contributed by atoms with Crippen LogP contribution in [0.4, 0.5) is 0 Å². The molecule has 23 heavy (non-hydrogen) atoms. The zero-order valence-corrected chi connectivity index (χ0v) is 13.9. The Morgan fingerprint density at radius 2 is 1.83 bits per heavy atom. The molecule has 0 bridgehead atoms. The normalized spacial score (nSPS) is 14.0. The van der Waals surface area contributed by atoms with Crippen molar-refractivity contribution in [2.75, 3.05) is 19.8 Å². The fourth-order valence-corrected chi connectivity index (χ4v) is 2.52. The molecule has 2 aromatic rings. The lowest BCUT2D eigenvalue weighted by Crippen LogP contribution is -2.23. The van der Waals surface area contributed by atoms with Crippen LogP contribution < -0.4 is 14.8 Å². The monoisotopic (exact) mass is 335 g/mol. The van der Waals surface area contributed by atoms with E-state index in [0.717, 1.165) is 22.6 Å². The van der Waals surface area contributed by atoms with E-state index in [1.807, 2.05) is 49.4 Å². The molecule has 1 heterocycles. The van der Waals surface area contributed by atoms with Gasteiger partial charge < -0.3 is 19.9 Å². The second-order valence-corrected chi connectivity index (χ2v) is 5.50. The van der Waals surface area contributed by atoms with Gasteiger partial charge in [0.25, 0.3) is 0 Å². The van der Waals surface area contributed by atoms with Crippen molar-refractivity contribution < 1.29 is 14.6 Å². The Morgan fingerprint density at radius 3 is 2.61 bits per heavy atom. The van der Waals surface area contributed by atoms with E-state index < -0.39 is 6.10 Å². The molecule has 0 aliphatic carbocycles. The predicted molar refractivity (Wildman–Crippen MR) is 92.5 cm³/mol. The molecule has 0 saturated carbocycles. The average molecular weight is 336 g/mol. The number of nitrogens with one attached hydrogen (secondary N) is 1. The summed E-state index contributed by atoms with van der Waals surface area (Å²) in [6.07, 6.45) is -0.516. The van der Waals surface area contributed by atoms with Crippen molar-refractivity contribution in [2.45, 2.75) is 19.6 Å². The number of aliphatic hydroxyl groups is 1. The summed E-state index contributed by atoms with van der Waals surface area (Å²) < 4.78 is 11.3. The van der Waals surface area contributed by atoms with E-state index in [1.165, 1.54) is 5.56 Å². The van der Waals surface area contributed by atoms with Gasteiger partial charge in [0.2, 0.25) is 0 Å². The van der Waals surface area contributed by atoms with Gasteiger partial charge in [0.15, 0.2) is 11.5 Å². The van der Waals surface area contributed by atoms with Gasteiger partial charge in [-0.1, -0.05) is 42.0 Å². The zero-order chi connectivity index (χ0) is 15.4. The lowest BCUT2D eigenvalue weighted by molar-refractivity contribution is 0.166. The van der Waals surface area contributed by atoms with E-state index in [9.17, 15) is 5.11 Å². The molecule has 0 radical (unpaired) electrons. The Kier molecular flexibility index (Phi) is 6.28. The van der Waals surface area contributed by atoms with Crippen LogP contribution in [-0.2, 0) is 6.54 Å². The smallest absolute Gasteiger partial charge is 0.165 e. The minimum Gasteiger partial charge on any atom is -0.486 e. The molecule has 5 heteroatoms. The molecule has 0 amide bonds. The summed E-state index contributed by atoms with van der Waals surface area (Å²) in [7, 11) is 0. The molecule has 0 fully saturated rings. The van der Waals surface area contributed by atoms with Crippen molar-refractivity contribution in [3.63, 3.8) is 0 Å². The van der Waals surface area contributed by atoms with Crippen molar-refractivity contribution in [2.24, 2.45) is 0 Å². The minimum atomic E-state index is -0.516. The van der Waals surface area contributed by atoms with Crippen LogP contribution >= 0.6 is 12.4 Å². The molecule has 124 valence electrons. The number of hydrogen-bond donors (Lipinski definition) is 2. The van der Waals surface area contributed by atoms with E-state index in [4.69, 9.17) is 9.47 Å². The molecule has 1 aliphatic rings. The Morgan fingerprint density at radius 1 is 1.09 bits per heavy atom. The van der Waals surface area contributed by atoms with Gasteiger partial charge in [0.1, 0.15) is 13.2 Å². The topological polar surface area (TPSA) is 50.7 Å². The van der Waals surface area contributed by atoms with Crippen LogP contribution in [0.1, 0.15) is 22.8 Å². The van der Waals surface area contributed by atoms with Crippen LogP contribution in [0.15, 0.2) is 42.5 Å². The second-order valence-electron chi connectivity index (χ2n) is 5.50. The highest BCUT2D eigenvalue weighted by molar-refractivity contribution is 5.85. The summed E-state index contributed by atoms with van der Waals surface area (Å²) in [6.45, 7) is 4.34. The van der Waals surface area contributed by atoms with E-state index in [0.29, 0.717) is 26.3 Å². The van der Waals surface area contributed by atoms with E-state index in [1.54, 1.807) is 0 Å². The second kappa shape index (κ2) is 8.20. The van der Waals surface area contributed by atoms with Crippen LogP contribution in [0.2, 0.25) is 0 Å². The van der Waals surface area contributed by atoms with E-state index >= 15 is 0 Å². The maximum atomic E-state index is 10.2. The number of aryl methyl sites for hydroxylation is 1. The highest BCUT2D eigenvalue weighted by Gasteiger charge is 2.15. The van der Waals surface area contributed by atoms with Gasteiger partial charge >= 0.3 is 0 Å². The van der Waals surface area contributed by atoms with Crippen LogP contribution in [-0.4, -0.2) is 24.9 Å². The van der Waals surface area contributed by atoms with Crippen LogP contribution in [0.5, 0.6) is 11.5 Å². The van der Waals surface area contributed by atoms with Crippen molar-refractivity contribution in [3.05, 3.63) is 59.2 Å². The first-order valence-electron chi connectivity index (χ1n) is 7.57. The Balaban J connectivity index is 0.00000192. The molecule has 2 N–H and O–H groups in total. The third kappa shape index (κ3) is 4.38. The molecule has 1 atom stereocenters. The number of para-hydroxylation sites is 1. The minimum absolute atomic E-state index is 0. The summed E-state index contributed by atoms with van der Waals surface area (Å²) in [5.74, 6) is 1.61.